The van der Waals surface area contributed by atoms with Gasteiger partial charge in [0.15, 0.2) is 0 Å². The number of piperidine rings is 2. The Balaban J connectivity index is 0.730. The number of aliphatic hydroxyl groups is 1. The Morgan fingerprint density at radius 2 is 1.66 bits per heavy atom. The Labute approximate surface area is 372 Å². The first kappa shape index (κ1) is 44.0. The number of likely N-dealkylation sites (tertiary alicyclic amines) is 1. The molecule has 2 aromatic carbocycles. The lowest BCUT2D eigenvalue weighted by Crippen LogP contribution is -2.54. The molecule has 0 radical (unpaired) electrons. The molecule has 1 spiro atoms. The zero-order valence-electron chi connectivity index (χ0n) is 35.9. The van der Waals surface area contributed by atoms with Crippen molar-refractivity contribution in [3.8, 4) is 0 Å². The van der Waals surface area contributed by atoms with Crippen molar-refractivity contribution < 1.29 is 42.3 Å². The van der Waals surface area contributed by atoms with E-state index in [-0.39, 0.29) is 24.1 Å². The molecule has 3 aliphatic heterocycles. The predicted molar refractivity (Wildman–Crippen MR) is 234 cm³/mol. The van der Waals surface area contributed by atoms with Crippen LogP contribution in [0, 0.1) is 17.3 Å². The molecule has 4 fully saturated rings. The fourth-order valence-corrected chi connectivity index (χ4v) is 11.9. The number of aromatic nitrogens is 2. The molecule has 4 N–H and O–H groups in total. The molecule has 64 heavy (non-hydrogen) atoms. The number of thiazole rings is 1. The monoisotopic (exact) mass is 899 g/mol. The van der Waals surface area contributed by atoms with Crippen LogP contribution in [-0.2, 0) is 21.4 Å². The number of amides is 5. The molecule has 1 atom stereocenters. The molecular formula is C47H52F3N7O6S. The van der Waals surface area contributed by atoms with Crippen molar-refractivity contribution in [1.29, 1.82) is 0 Å². The van der Waals surface area contributed by atoms with Gasteiger partial charge in [-0.05, 0) is 145 Å². The van der Waals surface area contributed by atoms with E-state index in [1.54, 1.807) is 55.5 Å². The number of alkyl halides is 3. The summed E-state index contributed by atoms with van der Waals surface area (Å²) < 4.78 is 40.7. The van der Waals surface area contributed by atoms with Gasteiger partial charge in [0, 0.05) is 42.4 Å². The second-order valence-corrected chi connectivity index (χ2v) is 20.1. The molecule has 0 bridgehead atoms. The van der Waals surface area contributed by atoms with E-state index in [2.05, 4.69) is 25.8 Å². The second kappa shape index (κ2) is 16.9. The zero-order chi connectivity index (χ0) is 45.1. The highest BCUT2D eigenvalue weighted by atomic mass is 32.1. The molecular weight excluding hydrogens is 848 g/mol. The Hall–Kier alpha value is -5.26. The fraction of sp³-hybridized carbons (Fsp3) is 0.511. The number of pyridine rings is 1. The van der Waals surface area contributed by atoms with Crippen molar-refractivity contribution in [3.63, 3.8) is 0 Å². The number of hydrogen-bond acceptors (Lipinski definition) is 11. The van der Waals surface area contributed by atoms with Crippen molar-refractivity contribution >= 4 is 62.5 Å². The number of imide groups is 2. The summed E-state index contributed by atoms with van der Waals surface area (Å²) in [6.45, 7) is 7.15. The Kier molecular flexibility index (Phi) is 11.6. The van der Waals surface area contributed by atoms with Gasteiger partial charge >= 0.3 is 6.18 Å². The number of nitrogens with zero attached hydrogens (tertiary/aromatic N) is 4. The molecule has 2 aromatic heterocycles. The largest absolute Gasteiger partial charge is 0.433 e. The molecule has 13 nitrogen and oxygen atoms in total. The Bertz CT molecular complexity index is 2510. The number of rotatable bonds is 11. The molecule has 4 aromatic rings. The van der Waals surface area contributed by atoms with Gasteiger partial charge in [-0.3, -0.25) is 34.2 Å². The number of nitrogens with one attached hydrogen (secondary N) is 3. The van der Waals surface area contributed by atoms with E-state index >= 15 is 0 Å². The van der Waals surface area contributed by atoms with Gasteiger partial charge in [-0.25, -0.2) is 9.97 Å². The molecule has 5 amide bonds. The van der Waals surface area contributed by atoms with Gasteiger partial charge in [-0.2, -0.15) is 13.2 Å². The van der Waals surface area contributed by atoms with E-state index in [0.717, 1.165) is 78.5 Å². The van der Waals surface area contributed by atoms with Gasteiger partial charge in [-0.15, -0.1) is 11.3 Å². The third-order valence-electron chi connectivity index (χ3n) is 14.1. The van der Waals surface area contributed by atoms with E-state index in [4.69, 9.17) is 4.98 Å². The van der Waals surface area contributed by atoms with Crippen molar-refractivity contribution in [2.24, 2.45) is 17.3 Å². The topological polar surface area (TPSA) is 174 Å². The maximum absolute atomic E-state index is 13.5. The van der Waals surface area contributed by atoms with Gasteiger partial charge in [0.1, 0.15) is 17.4 Å². The summed E-state index contributed by atoms with van der Waals surface area (Å²) >= 11 is 1.55. The van der Waals surface area contributed by atoms with Crippen LogP contribution in [-0.4, -0.2) is 86.6 Å². The van der Waals surface area contributed by atoms with E-state index in [1.807, 2.05) is 0 Å². The van der Waals surface area contributed by atoms with Gasteiger partial charge in [-0.1, -0.05) is 12.1 Å². The maximum atomic E-state index is 13.5. The molecule has 9 rings (SSSR count). The number of halogens is 3. The number of carbonyl (C=O) groups is 5. The lowest BCUT2D eigenvalue weighted by atomic mass is 9.57. The fourth-order valence-electron chi connectivity index (χ4n) is 10.7. The van der Waals surface area contributed by atoms with Crippen LogP contribution in [0.4, 0.5) is 24.5 Å². The second-order valence-electron chi connectivity index (χ2n) is 19.0. The number of anilines is 2. The highest BCUT2D eigenvalue weighted by Gasteiger charge is 2.47. The summed E-state index contributed by atoms with van der Waals surface area (Å²) in [5, 5.41) is 20.4. The third-order valence-corrected chi connectivity index (χ3v) is 15.3. The van der Waals surface area contributed by atoms with E-state index in [1.165, 1.54) is 31.7 Å². The summed E-state index contributed by atoms with van der Waals surface area (Å²) in [5.41, 5.74) is 0.0799. The molecule has 2 saturated heterocycles. The van der Waals surface area contributed by atoms with Crippen LogP contribution in [0.15, 0.2) is 48.5 Å². The third kappa shape index (κ3) is 8.77. The summed E-state index contributed by atoms with van der Waals surface area (Å²) in [6, 6.07) is 10.8. The first-order valence-corrected chi connectivity index (χ1v) is 23.1. The van der Waals surface area contributed by atoms with Crippen LogP contribution in [0.1, 0.15) is 138 Å². The van der Waals surface area contributed by atoms with Crippen LogP contribution < -0.4 is 16.0 Å². The molecule has 5 aliphatic rings. The SMILES string of the molecule is CC(C)(O)c1cc2nc([C@H]3CC[C@H](CN4CCC5(CC4)CC(CCNc4cccc6c4C(=O)N(C4CCC(=O)NC4=O)C6=O)C5)CC3)sc2cc1NC(=O)c1cccc(C(F)(F)F)n1. The highest BCUT2D eigenvalue weighted by molar-refractivity contribution is 7.18. The smallest absolute Gasteiger partial charge is 0.386 e. The lowest BCUT2D eigenvalue weighted by molar-refractivity contribution is -0.141. The first-order chi connectivity index (χ1) is 30.4. The minimum Gasteiger partial charge on any atom is -0.386 e. The minimum atomic E-state index is -4.69. The van der Waals surface area contributed by atoms with Crippen molar-refractivity contribution in [1.82, 2.24) is 25.1 Å². The average Bonchev–Trinajstić information content (AvgIpc) is 3.77. The summed E-state index contributed by atoms with van der Waals surface area (Å²) in [7, 11) is 0. The van der Waals surface area contributed by atoms with Gasteiger partial charge in [0.25, 0.3) is 17.7 Å². The normalized spacial score (nSPS) is 23.0. The molecule has 338 valence electrons. The van der Waals surface area contributed by atoms with E-state index < -0.39 is 53.0 Å². The van der Waals surface area contributed by atoms with Gasteiger partial charge in [0.05, 0.1) is 32.0 Å². The van der Waals surface area contributed by atoms with Gasteiger partial charge in [0.2, 0.25) is 11.8 Å². The van der Waals surface area contributed by atoms with Crippen LogP contribution in [0.5, 0.6) is 0 Å². The molecule has 1 unspecified atom stereocenters. The molecule has 5 heterocycles. The Morgan fingerprint density at radius 1 is 0.922 bits per heavy atom. The predicted octanol–water partition coefficient (Wildman–Crippen LogP) is 7.86. The van der Waals surface area contributed by atoms with Crippen LogP contribution >= 0.6 is 11.3 Å². The van der Waals surface area contributed by atoms with Crippen LogP contribution in [0.2, 0.25) is 0 Å². The van der Waals surface area contributed by atoms with Crippen molar-refractivity contribution in [2.45, 2.75) is 108 Å². The standard InChI is InChI=1S/C47H52F3N7O6S/c1-45(2,63)30-21-34-36(22-33(30)53-40(59)32-7-4-8-37(52-32)47(48,49)50)64-42(54-34)28-11-9-26(10-12-28)25-56-19-16-46(17-20-56)23-27(24-46)15-18-51-31-6-3-5-29-39(31)44(62)57(43(29)61)35-13-14-38(58)55-41(35)60/h3-8,21-22,26-28,35,51,63H,9-20,23-25H2,1-2H3,(H,53,59)(H,55,58,60)/t26-,28-,35?. The van der Waals surface area contributed by atoms with E-state index in [0.29, 0.717) is 57.7 Å². The minimum absolute atomic E-state index is 0.0792. The summed E-state index contributed by atoms with van der Waals surface area (Å²) in [5.74, 6) is -1.32. The van der Waals surface area contributed by atoms with Crippen LogP contribution in [0.3, 0.4) is 0 Å². The number of fused-ring (bicyclic) bond motifs is 2. The average molecular weight is 900 g/mol. The quantitative estimate of drug-likeness (QED) is 0.109. The van der Waals surface area contributed by atoms with Gasteiger partial charge < -0.3 is 20.6 Å². The van der Waals surface area contributed by atoms with Crippen molar-refractivity contribution in [2.75, 3.05) is 36.8 Å². The maximum Gasteiger partial charge on any atom is 0.433 e. The summed E-state index contributed by atoms with van der Waals surface area (Å²) in [4.78, 5) is 76.1. The lowest BCUT2D eigenvalue weighted by Gasteiger charge is -2.53. The number of benzene rings is 2. The van der Waals surface area contributed by atoms with Crippen LogP contribution in [0.25, 0.3) is 10.2 Å². The highest BCUT2D eigenvalue weighted by Crippen LogP contribution is 2.54. The number of hydrogen-bond donors (Lipinski definition) is 4. The molecule has 17 heteroatoms. The number of carbonyl (C=O) groups excluding carboxylic acids is 5. The molecule has 2 saturated carbocycles. The van der Waals surface area contributed by atoms with Crippen molar-refractivity contribution in [3.05, 3.63) is 81.6 Å². The molecule has 2 aliphatic carbocycles. The zero-order valence-corrected chi connectivity index (χ0v) is 36.7. The van der Waals surface area contributed by atoms with E-state index in [9.17, 15) is 42.3 Å². The first-order valence-electron chi connectivity index (χ1n) is 22.3. The summed E-state index contributed by atoms with van der Waals surface area (Å²) in [6.07, 6.45) is 5.52. The Morgan fingerprint density at radius 3 is 2.36 bits per heavy atom.